The van der Waals surface area contributed by atoms with E-state index in [9.17, 15) is 0 Å². The van der Waals surface area contributed by atoms with Crippen molar-refractivity contribution < 1.29 is 0 Å². The molecule has 0 spiro atoms. The van der Waals surface area contributed by atoms with Gasteiger partial charge in [0.05, 0.1) is 0 Å². The standard InChI is InChI=1S/C15H14BrCl2N/c1-19-14(9-10-4-2-5-11(16)8-10)15-12(17)6-3-7-13(15)18/h2-8,14,19H,9H2,1H3. The van der Waals surface area contributed by atoms with Gasteiger partial charge in [0.25, 0.3) is 0 Å². The molecule has 0 fully saturated rings. The zero-order valence-electron chi connectivity index (χ0n) is 10.5. The first-order valence-corrected chi connectivity index (χ1v) is 7.52. The van der Waals surface area contributed by atoms with Gasteiger partial charge in [-0.3, -0.25) is 0 Å². The van der Waals surface area contributed by atoms with E-state index in [1.165, 1.54) is 5.56 Å². The van der Waals surface area contributed by atoms with Crippen LogP contribution in [0.3, 0.4) is 0 Å². The number of likely N-dealkylation sites (N-methyl/N-ethyl adjacent to an activating group) is 1. The lowest BCUT2D eigenvalue weighted by atomic mass is 9.99. The maximum atomic E-state index is 6.27. The van der Waals surface area contributed by atoms with Gasteiger partial charge in [-0.05, 0) is 43.3 Å². The molecule has 0 saturated carbocycles. The van der Waals surface area contributed by atoms with Gasteiger partial charge in [-0.25, -0.2) is 0 Å². The van der Waals surface area contributed by atoms with Crippen LogP contribution in [0.2, 0.25) is 10.0 Å². The van der Waals surface area contributed by atoms with Crippen LogP contribution in [0.1, 0.15) is 17.2 Å². The SMILES string of the molecule is CNC(Cc1cccc(Br)c1)c1c(Cl)cccc1Cl. The minimum absolute atomic E-state index is 0.0931. The molecule has 2 aromatic rings. The fraction of sp³-hybridized carbons (Fsp3) is 0.200. The van der Waals surface area contributed by atoms with Crippen molar-refractivity contribution in [2.24, 2.45) is 0 Å². The third-order valence-electron chi connectivity index (χ3n) is 3.03. The highest BCUT2D eigenvalue weighted by molar-refractivity contribution is 9.10. The number of rotatable bonds is 4. The Labute approximate surface area is 132 Å². The van der Waals surface area contributed by atoms with Crippen LogP contribution >= 0.6 is 39.1 Å². The van der Waals surface area contributed by atoms with Crippen LogP contribution in [-0.2, 0) is 6.42 Å². The molecule has 0 amide bonds. The van der Waals surface area contributed by atoms with Gasteiger partial charge >= 0.3 is 0 Å². The van der Waals surface area contributed by atoms with Crippen molar-refractivity contribution in [1.29, 1.82) is 0 Å². The monoisotopic (exact) mass is 357 g/mol. The summed E-state index contributed by atoms with van der Waals surface area (Å²) in [6, 6.07) is 13.9. The van der Waals surface area contributed by atoms with Crippen LogP contribution in [0, 0.1) is 0 Å². The first-order chi connectivity index (χ1) is 9.11. The summed E-state index contributed by atoms with van der Waals surface area (Å²) in [5.74, 6) is 0. The molecule has 19 heavy (non-hydrogen) atoms. The highest BCUT2D eigenvalue weighted by Crippen LogP contribution is 2.32. The summed E-state index contributed by atoms with van der Waals surface area (Å²) in [4.78, 5) is 0. The molecule has 1 atom stereocenters. The van der Waals surface area contributed by atoms with E-state index in [1.807, 2.05) is 37.4 Å². The minimum atomic E-state index is 0.0931. The van der Waals surface area contributed by atoms with Gasteiger partial charge in [0.2, 0.25) is 0 Å². The lowest BCUT2D eigenvalue weighted by Gasteiger charge is -2.19. The number of hydrogen-bond donors (Lipinski definition) is 1. The van der Waals surface area contributed by atoms with Crippen molar-refractivity contribution >= 4 is 39.1 Å². The van der Waals surface area contributed by atoms with E-state index in [4.69, 9.17) is 23.2 Å². The average molecular weight is 359 g/mol. The first kappa shape index (κ1) is 14.9. The second-order valence-corrected chi connectivity index (χ2v) is 6.04. The molecule has 1 unspecified atom stereocenters. The quantitative estimate of drug-likeness (QED) is 0.786. The number of hydrogen-bond acceptors (Lipinski definition) is 1. The summed E-state index contributed by atoms with van der Waals surface area (Å²) in [6.07, 6.45) is 0.833. The molecule has 0 radical (unpaired) electrons. The van der Waals surface area contributed by atoms with Gasteiger partial charge in [-0.1, -0.05) is 57.3 Å². The maximum absolute atomic E-state index is 6.27. The van der Waals surface area contributed by atoms with E-state index in [-0.39, 0.29) is 6.04 Å². The van der Waals surface area contributed by atoms with E-state index in [1.54, 1.807) is 0 Å². The van der Waals surface area contributed by atoms with E-state index in [0.29, 0.717) is 10.0 Å². The zero-order chi connectivity index (χ0) is 13.8. The van der Waals surface area contributed by atoms with Gasteiger partial charge in [0.1, 0.15) is 0 Å². The minimum Gasteiger partial charge on any atom is -0.313 e. The fourth-order valence-electron chi connectivity index (χ4n) is 2.09. The smallest absolute Gasteiger partial charge is 0.0468 e. The Balaban J connectivity index is 2.30. The summed E-state index contributed by atoms with van der Waals surface area (Å²) >= 11 is 16.0. The second-order valence-electron chi connectivity index (χ2n) is 4.31. The van der Waals surface area contributed by atoms with Crippen LogP contribution in [0.25, 0.3) is 0 Å². The highest BCUT2D eigenvalue weighted by Gasteiger charge is 2.16. The van der Waals surface area contributed by atoms with Crippen LogP contribution < -0.4 is 5.32 Å². The van der Waals surface area contributed by atoms with Crippen molar-refractivity contribution in [2.45, 2.75) is 12.5 Å². The van der Waals surface area contributed by atoms with Gasteiger partial charge < -0.3 is 5.32 Å². The molecule has 100 valence electrons. The molecule has 0 aliphatic carbocycles. The van der Waals surface area contributed by atoms with Crippen molar-refractivity contribution in [3.63, 3.8) is 0 Å². The summed E-state index contributed by atoms with van der Waals surface area (Å²) < 4.78 is 1.07. The van der Waals surface area contributed by atoms with Crippen LogP contribution in [0.5, 0.6) is 0 Å². The Bertz CT molecular complexity index is 552. The summed E-state index contributed by atoms with van der Waals surface area (Å²) in [7, 11) is 1.92. The Morgan fingerprint density at radius 1 is 1.11 bits per heavy atom. The highest BCUT2D eigenvalue weighted by atomic mass is 79.9. The van der Waals surface area contributed by atoms with Gasteiger partial charge in [-0.2, -0.15) is 0 Å². The molecule has 0 saturated heterocycles. The van der Waals surface area contributed by atoms with Crippen LogP contribution in [0.15, 0.2) is 46.9 Å². The van der Waals surface area contributed by atoms with E-state index >= 15 is 0 Å². The largest absolute Gasteiger partial charge is 0.313 e. The van der Waals surface area contributed by atoms with Crippen molar-refractivity contribution in [3.05, 3.63) is 68.1 Å². The van der Waals surface area contributed by atoms with Crippen LogP contribution in [0.4, 0.5) is 0 Å². The molecule has 0 bridgehead atoms. The topological polar surface area (TPSA) is 12.0 Å². The third kappa shape index (κ3) is 3.73. The van der Waals surface area contributed by atoms with Crippen molar-refractivity contribution in [2.75, 3.05) is 7.05 Å². The predicted molar refractivity (Wildman–Crippen MR) is 86.1 cm³/mol. The van der Waals surface area contributed by atoms with Crippen molar-refractivity contribution in [1.82, 2.24) is 5.32 Å². The molecule has 0 aliphatic heterocycles. The summed E-state index contributed by atoms with van der Waals surface area (Å²) in [6.45, 7) is 0. The van der Waals surface area contributed by atoms with Crippen LogP contribution in [-0.4, -0.2) is 7.05 Å². The molecule has 2 aromatic carbocycles. The normalized spacial score (nSPS) is 12.4. The molecular weight excluding hydrogens is 345 g/mol. The second kappa shape index (κ2) is 6.76. The molecular formula is C15H14BrCl2N. The molecule has 1 N–H and O–H groups in total. The van der Waals surface area contributed by atoms with E-state index < -0.39 is 0 Å². The van der Waals surface area contributed by atoms with Crippen molar-refractivity contribution in [3.8, 4) is 0 Å². The lowest BCUT2D eigenvalue weighted by molar-refractivity contribution is 0.592. The van der Waals surface area contributed by atoms with E-state index in [0.717, 1.165) is 16.5 Å². The zero-order valence-corrected chi connectivity index (χ0v) is 13.6. The molecule has 2 rings (SSSR count). The van der Waals surface area contributed by atoms with Gasteiger partial charge in [-0.15, -0.1) is 0 Å². The summed E-state index contributed by atoms with van der Waals surface area (Å²) in [5.41, 5.74) is 2.18. The lowest BCUT2D eigenvalue weighted by Crippen LogP contribution is -2.19. The molecule has 4 heteroatoms. The number of halogens is 3. The summed E-state index contributed by atoms with van der Waals surface area (Å²) in [5, 5.41) is 4.68. The molecule has 1 nitrogen and oxygen atoms in total. The third-order valence-corrected chi connectivity index (χ3v) is 4.18. The van der Waals surface area contributed by atoms with E-state index in [2.05, 4.69) is 33.4 Å². The number of nitrogens with one attached hydrogen (secondary N) is 1. The molecule has 0 aromatic heterocycles. The average Bonchev–Trinajstić information content (AvgIpc) is 2.37. The number of benzene rings is 2. The Kier molecular flexibility index (Phi) is 5.28. The Hall–Kier alpha value is -0.540. The predicted octanol–water partition coefficient (Wildman–Crippen LogP) is 5.26. The molecule has 0 aliphatic rings. The van der Waals surface area contributed by atoms with Gasteiger partial charge in [0, 0.05) is 26.1 Å². The fourth-order valence-corrected chi connectivity index (χ4v) is 3.20. The van der Waals surface area contributed by atoms with Gasteiger partial charge in [0.15, 0.2) is 0 Å². The maximum Gasteiger partial charge on any atom is 0.0468 e. The Morgan fingerprint density at radius 2 is 1.74 bits per heavy atom. The Morgan fingerprint density at radius 3 is 2.32 bits per heavy atom. The molecule has 0 heterocycles. The first-order valence-electron chi connectivity index (χ1n) is 5.97.